The van der Waals surface area contributed by atoms with E-state index in [0.29, 0.717) is 13.2 Å². The van der Waals surface area contributed by atoms with E-state index in [-0.39, 0.29) is 0 Å². The van der Waals surface area contributed by atoms with Crippen LogP contribution in [0.4, 0.5) is 0 Å². The van der Waals surface area contributed by atoms with Gasteiger partial charge in [-0.15, -0.1) is 6.42 Å². The molecule has 0 saturated heterocycles. The van der Waals surface area contributed by atoms with E-state index in [2.05, 4.69) is 5.92 Å². The summed E-state index contributed by atoms with van der Waals surface area (Å²) in [6, 6.07) is 0. The molecular formula is C12H16O2. The van der Waals surface area contributed by atoms with Gasteiger partial charge in [0.15, 0.2) is 0 Å². The van der Waals surface area contributed by atoms with Crippen molar-refractivity contribution in [3.05, 3.63) is 22.8 Å². The number of aliphatic hydroxyl groups is 1. The number of terminal acetylenes is 1. The van der Waals surface area contributed by atoms with Crippen LogP contribution >= 0.6 is 0 Å². The molecule has 1 unspecified atom stereocenters. The van der Waals surface area contributed by atoms with Gasteiger partial charge in [0.05, 0.1) is 13.2 Å². The molecule has 76 valence electrons. The van der Waals surface area contributed by atoms with E-state index >= 15 is 0 Å². The average Bonchev–Trinajstić information content (AvgIpc) is 2.16. The lowest BCUT2D eigenvalue weighted by atomic mass is 9.97. The minimum Gasteiger partial charge on any atom is -0.376 e. The molecule has 2 nitrogen and oxygen atoms in total. The lowest BCUT2D eigenvalue weighted by Gasteiger charge is -2.20. The molecule has 2 heteroatoms. The summed E-state index contributed by atoms with van der Waals surface area (Å²) in [5.74, 6) is 2.35. The summed E-state index contributed by atoms with van der Waals surface area (Å²) in [6.45, 7) is 5.23. The number of ether oxygens (including phenoxy) is 1. The lowest BCUT2D eigenvalue weighted by molar-refractivity contribution is 0.137. The molecule has 1 atom stereocenters. The number of allylic oxidation sites excluding steroid dienone is 1. The Balaban J connectivity index is 2.98. The van der Waals surface area contributed by atoms with Crippen molar-refractivity contribution >= 4 is 0 Å². The monoisotopic (exact) mass is 192 g/mol. The zero-order chi connectivity index (χ0) is 10.6. The van der Waals surface area contributed by atoms with E-state index in [1.165, 1.54) is 5.57 Å². The Labute approximate surface area is 85.3 Å². The predicted molar refractivity (Wildman–Crippen MR) is 56.7 cm³/mol. The van der Waals surface area contributed by atoms with Crippen LogP contribution in [0, 0.1) is 12.3 Å². The van der Waals surface area contributed by atoms with Gasteiger partial charge in [-0.05, 0) is 31.4 Å². The molecule has 0 aromatic carbocycles. The number of hydrogen-bond acceptors (Lipinski definition) is 2. The van der Waals surface area contributed by atoms with Crippen LogP contribution in [0.2, 0.25) is 0 Å². The average molecular weight is 192 g/mol. The quantitative estimate of drug-likeness (QED) is 0.674. The molecule has 14 heavy (non-hydrogen) atoms. The van der Waals surface area contributed by atoms with E-state index in [1.54, 1.807) is 0 Å². The van der Waals surface area contributed by atoms with Crippen molar-refractivity contribution in [3.63, 3.8) is 0 Å². The predicted octanol–water partition coefficient (Wildman–Crippen LogP) is 1.66. The molecule has 0 saturated carbocycles. The van der Waals surface area contributed by atoms with Gasteiger partial charge in [0.25, 0.3) is 0 Å². The summed E-state index contributed by atoms with van der Waals surface area (Å²) >= 11 is 0. The summed E-state index contributed by atoms with van der Waals surface area (Å²) in [7, 11) is 0. The molecule has 1 rings (SSSR count). The van der Waals surface area contributed by atoms with Crippen LogP contribution in [0.3, 0.4) is 0 Å². The molecule has 0 aromatic rings. The van der Waals surface area contributed by atoms with Crippen LogP contribution < -0.4 is 0 Å². The number of aliphatic hydroxyl groups excluding tert-OH is 1. The normalized spacial score (nSPS) is 18.7. The molecule has 0 fully saturated rings. The number of hydrogen-bond donors (Lipinski definition) is 1. The van der Waals surface area contributed by atoms with Gasteiger partial charge in [-0.3, -0.25) is 0 Å². The van der Waals surface area contributed by atoms with E-state index in [0.717, 1.165) is 17.6 Å². The van der Waals surface area contributed by atoms with Crippen molar-refractivity contribution in [2.45, 2.75) is 26.4 Å². The third-order valence-electron chi connectivity index (χ3n) is 2.14. The summed E-state index contributed by atoms with van der Waals surface area (Å²) < 4.78 is 5.33. The highest BCUT2D eigenvalue weighted by molar-refractivity contribution is 5.35. The Morgan fingerprint density at radius 2 is 2.36 bits per heavy atom. The summed E-state index contributed by atoms with van der Waals surface area (Å²) in [5.41, 5.74) is 3.15. The van der Waals surface area contributed by atoms with Crippen LogP contribution in [0.15, 0.2) is 22.8 Å². The molecular weight excluding hydrogens is 176 g/mol. The maximum atomic E-state index is 9.59. The SMILES string of the molecule is C#CC(O)C1=C(C=C(C)C)COCC1. The Bertz CT molecular complexity index is 301. The second-order valence-electron chi connectivity index (χ2n) is 3.64. The van der Waals surface area contributed by atoms with Gasteiger partial charge in [-0.1, -0.05) is 17.6 Å². The van der Waals surface area contributed by atoms with E-state index in [4.69, 9.17) is 11.2 Å². The van der Waals surface area contributed by atoms with Crippen LogP contribution in [0.25, 0.3) is 0 Å². The first kappa shape index (κ1) is 11.0. The molecule has 1 aliphatic rings. The van der Waals surface area contributed by atoms with Crippen molar-refractivity contribution in [1.29, 1.82) is 0 Å². The van der Waals surface area contributed by atoms with Gasteiger partial charge in [-0.2, -0.15) is 0 Å². The summed E-state index contributed by atoms with van der Waals surface area (Å²) in [4.78, 5) is 0. The Kier molecular flexibility index (Phi) is 3.94. The fourth-order valence-corrected chi connectivity index (χ4v) is 1.51. The van der Waals surface area contributed by atoms with Crippen LogP contribution in [-0.2, 0) is 4.74 Å². The van der Waals surface area contributed by atoms with Gasteiger partial charge >= 0.3 is 0 Å². The first-order valence-corrected chi connectivity index (χ1v) is 4.74. The van der Waals surface area contributed by atoms with E-state index in [9.17, 15) is 5.11 Å². The van der Waals surface area contributed by atoms with Crippen molar-refractivity contribution in [3.8, 4) is 12.3 Å². The van der Waals surface area contributed by atoms with Crippen LogP contribution in [-0.4, -0.2) is 24.4 Å². The second-order valence-corrected chi connectivity index (χ2v) is 3.64. The lowest BCUT2D eigenvalue weighted by Crippen LogP contribution is -2.18. The van der Waals surface area contributed by atoms with Gasteiger partial charge in [0.1, 0.15) is 6.10 Å². The zero-order valence-corrected chi connectivity index (χ0v) is 8.71. The minimum atomic E-state index is -0.760. The topological polar surface area (TPSA) is 29.5 Å². The highest BCUT2D eigenvalue weighted by Crippen LogP contribution is 2.20. The number of rotatable bonds is 2. The maximum Gasteiger partial charge on any atom is 0.136 e. The van der Waals surface area contributed by atoms with Crippen molar-refractivity contribution < 1.29 is 9.84 Å². The fraction of sp³-hybridized carbons (Fsp3) is 0.500. The van der Waals surface area contributed by atoms with Gasteiger partial charge in [-0.25, -0.2) is 0 Å². The molecule has 0 bridgehead atoms. The fourth-order valence-electron chi connectivity index (χ4n) is 1.51. The molecule has 0 aliphatic carbocycles. The maximum absolute atomic E-state index is 9.59. The Morgan fingerprint density at radius 3 is 2.93 bits per heavy atom. The Hall–Kier alpha value is -1.04. The summed E-state index contributed by atoms with van der Waals surface area (Å²) in [6.07, 6.45) is 7.19. The van der Waals surface area contributed by atoms with Crippen molar-refractivity contribution in [2.24, 2.45) is 0 Å². The largest absolute Gasteiger partial charge is 0.376 e. The molecule has 0 spiro atoms. The molecule has 0 aromatic heterocycles. The highest BCUT2D eigenvalue weighted by atomic mass is 16.5. The molecule has 0 amide bonds. The smallest absolute Gasteiger partial charge is 0.136 e. The molecule has 1 heterocycles. The van der Waals surface area contributed by atoms with Crippen molar-refractivity contribution in [2.75, 3.05) is 13.2 Å². The van der Waals surface area contributed by atoms with E-state index < -0.39 is 6.10 Å². The Morgan fingerprint density at radius 1 is 1.64 bits per heavy atom. The summed E-state index contributed by atoms with van der Waals surface area (Å²) in [5, 5.41) is 9.59. The highest BCUT2D eigenvalue weighted by Gasteiger charge is 2.16. The van der Waals surface area contributed by atoms with Crippen LogP contribution in [0.1, 0.15) is 20.3 Å². The molecule has 1 aliphatic heterocycles. The van der Waals surface area contributed by atoms with E-state index in [1.807, 2.05) is 19.9 Å². The third kappa shape index (κ3) is 2.73. The van der Waals surface area contributed by atoms with Gasteiger partial charge in [0, 0.05) is 0 Å². The second kappa shape index (κ2) is 4.99. The first-order chi connectivity index (χ1) is 6.65. The van der Waals surface area contributed by atoms with Gasteiger partial charge < -0.3 is 9.84 Å². The minimum absolute atomic E-state index is 0.555. The third-order valence-corrected chi connectivity index (χ3v) is 2.14. The first-order valence-electron chi connectivity index (χ1n) is 4.74. The van der Waals surface area contributed by atoms with Gasteiger partial charge in [0.2, 0.25) is 0 Å². The standard InChI is InChI=1S/C12H16O2/c1-4-12(13)11-5-6-14-8-10(11)7-9(2)3/h1,7,12-13H,5-6,8H2,2-3H3. The van der Waals surface area contributed by atoms with Crippen molar-refractivity contribution in [1.82, 2.24) is 0 Å². The van der Waals surface area contributed by atoms with Crippen LogP contribution in [0.5, 0.6) is 0 Å². The molecule has 1 N–H and O–H groups in total. The zero-order valence-electron chi connectivity index (χ0n) is 8.71. The molecule has 0 radical (unpaired) electrons.